The molecule has 390 valence electrons. The highest BCUT2D eigenvalue weighted by atomic mass is 16.4. The van der Waals surface area contributed by atoms with E-state index in [4.69, 9.17) is 28.0 Å². The van der Waals surface area contributed by atoms with Gasteiger partial charge >= 0.3 is 5.97 Å². The molecule has 17 N–H and O–H groups in total. The number of aromatic amines is 1. The number of nitrogens with one attached hydrogen (secondary N) is 7. The van der Waals surface area contributed by atoms with Gasteiger partial charge in [0.05, 0.1) is 25.0 Å². The molecule has 1 fully saturated rings. The number of primary amides is 3. The average Bonchev–Trinajstić information content (AvgIpc) is 3.98. The number of nitrogens with two attached hydrogens (primary N) is 4. The third-order valence-corrected chi connectivity index (χ3v) is 11.9. The molecule has 2 aromatic carbocycles. The molecule has 2 heterocycles. The van der Waals surface area contributed by atoms with Crippen molar-refractivity contribution in [2.24, 2.45) is 28.9 Å². The molecule has 0 radical (unpaired) electrons. The van der Waals surface area contributed by atoms with Gasteiger partial charge in [0, 0.05) is 42.9 Å². The fourth-order valence-electron chi connectivity index (χ4n) is 8.03. The molecular formula is C47H64N12O13. The van der Waals surface area contributed by atoms with Gasteiger partial charge in [-0.25, -0.2) is 0 Å². The number of aliphatic carboxylic acids is 1. The van der Waals surface area contributed by atoms with Crippen molar-refractivity contribution in [2.45, 2.75) is 127 Å². The number of aliphatic hydroxyl groups is 1. The number of fused-ring (bicyclic) bond motifs is 1. The zero-order valence-corrected chi connectivity index (χ0v) is 40.1. The molecule has 3 aromatic rings. The summed E-state index contributed by atoms with van der Waals surface area (Å²) in [7, 11) is 0. The number of para-hydroxylation sites is 1. The first-order valence-electron chi connectivity index (χ1n) is 23.2. The largest absolute Gasteiger partial charge is 0.481 e. The van der Waals surface area contributed by atoms with Crippen LogP contribution in [0.15, 0.2) is 60.8 Å². The van der Waals surface area contributed by atoms with Crippen LogP contribution >= 0.6 is 0 Å². The lowest BCUT2D eigenvalue weighted by molar-refractivity contribution is -0.145. The molecular weight excluding hydrogens is 941 g/mol. The predicted octanol–water partition coefficient (Wildman–Crippen LogP) is -3.68. The van der Waals surface area contributed by atoms with E-state index < -0.39 is 145 Å². The van der Waals surface area contributed by atoms with E-state index in [9.17, 15) is 57.8 Å². The number of rotatable bonds is 27. The Bertz CT molecular complexity index is 2480. The number of nitrogens with zero attached hydrogens (tertiary/aromatic N) is 1. The minimum Gasteiger partial charge on any atom is -0.481 e. The number of carboxylic acids is 1. The van der Waals surface area contributed by atoms with Crippen LogP contribution in [0.1, 0.15) is 70.4 Å². The van der Waals surface area contributed by atoms with Crippen LogP contribution in [-0.2, 0) is 65.6 Å². The summed E-state index contributed by atoms with van der Waals surface area (Å²) in [6, 6.07) is 3.58. The molecule has 25 nitrogen and oxygen atoms in total. The summed E-state index contributed by atoms with van der Waals surface area (Å²) in [4.78, 5) is 148. The molecule has 1 aliphatic heterocycles. The molecule has 1 aromatic heterocycles. The first kappa shape index (κ1) is 56.7. The van der Waals surface area contributed by atoms with Gasteiger partial charge in [-0.1, -0.05) is 62.4 Å². The Balaban J connectivity index is 1.52. The van der Waals surface area contributed by atoms with Crippen LogP contribution in [0.3, 0.4) is 0 Å². The Morgan fingerprint density at radius 3 is 1.82 bits per heavy atom. The summed E-state index contributed by atoms with van der Waals surface area (Å²) in [5, 5.41) is 35.4. The van der Waals surface area contributed by atoms with E-state index in [1.54, 1.807) is 68.6 Å². The van der Waals surface area contributed by atoms with Crippen molar-refractivity contribution in [2.75, 3.05) is 6.54 Å². The Hall–Kier alpha value is -7.93. The van der Waals surface area contributed by atoms with Gasteiger partial charge in [-0.15, -0.1) is 0 Å². The number of amides is 10. The van der Waals surface area contributed by atoms with Crippen molar-refractivity contribution >= 4 is 75.9 Å². The number of aromatic nitrogens is 1. The number of hydrogen-bond donors (Lipinski definition) is 13. The molecule has 10 amide bonds. The highest BCUT2D eigenvalue weighted by Crippen LogP contribution is 2.22. The van der Waals surface area contributed by atoms with E-state index in [1.165, 1.54) is 6.92 Å². The monoisotopic (exact) mass is 1000 g/mol. The van der Waals surface area contributed by atoms with Crippen molar-refractivity contribution in [3.05, 3.63) is 71.9 Å². The van der Waals surface area contributed by atoms with Gasteiger partial charge in [0.2, 0.25) is 59.1 Å². The molecule has 1 aliphatic rings. The lowest BCUT2D eigenvalue weighted by Gasteiger charge is -2.32. The van der Waals surface area contributed by atoms with E-state index in [2.05, 4.69) is 36.9 Å². The smallest absolute Gasteiger partial charge is 0.303 e. The van der Waals surface area contributed by atoms with Crippen molar-refractivity contribution in [1.29, 1.82) is 0 Å². The van der Waals surface area contributed by atoms with Crippen molar-refractivity contribution in [3.63, 3.8) is 0 Å². The van der Waals surface area contributed by atoms with Gasteiger partial charge in [-0.2, -0.15) is 0 Å². The molecule has 0 aliphatic carbocycles. The van der Waals surface area contributed by atoms with Gasteiger partial charge in [-0.3, -0.25) is 52.7 Å². The molecule has 0 spiro atoms. The topological polar surface area (TPSA) is 424 Å². The molecule has 9 atom stereocenters. The van der Waals surface area contributed by atoms with E-state index in [-0.39, 0.29) is 38.6 Å². The van der Waals surface area contributed by atoms with Gasteiger partial charge < -0.3 is 74.9 Å². The van der Waals surface area contributed by atoms with Crippen molar-refractivity contribution in [1.82, 2.24) is 41.8 Å². The Morgan fingerprint density at radius 2 is 1.24 bits per heavy atom. The minimum absolute atomic E-state index is 0.0461. The maximum absolute atomic E-state index is 14.3. The van der Waals surface area contributed by atoms with Crippen LogP contribution in [0, 0.1) is 5.92 Å². The molecule has 0 bridgehead atoms. The summed E-state index contributed by atoms with van der Waals surface area (Å²) < 4.78 is 0. The third kappa shape index (κ3) is 16.3. The highest BCUT2D eigenvalue weighted by Gasteiger charge is 2.42. The maximum atomic E-state index is 14.3. The predicted molar refractivity (Wildman–Crippen MR) is 257 cm³/mol. The Morgan fingerprint density at radius 1 is 0.681 bits per heavy atom. The molecule has 4 rings (SSSR count). The van der Waals surface area contributed by atoms with Crippen molar-refractivity contribution < 1.29 is 63.0 Å². The van der Waals surface area contributed by atoms with E-state index in [1.807, 2.05) is 6.07 Å². The van der Waals surface area contributed by atoms with Crippen molar-refractivity contribution in [3.8, 4) is 0 Å². The third-order valence-electron chi connectivity index (χ3n) is 11.9. The summed E-state index contributed by atoms with van der Waals surface area (Å²) in [6.07, 6.45) is -2.09. The Labute approximate surface area is 413 Å². The van der Waals surface area contributed by atoms with E-state index >= 15 is 0 Å². The molecule has 72 heavy (non-hydrogen) atoms. The van der Waals surface area contributed by atoms with Gasteiger partial charge in [0.25, 0.3) is 0 Å². The van der Waals surface area contributed by atoms with Crippen LogP contribution in [0.5, 0.6) is 0 Å². The maximum Gasteiger partial charge on any atom is 0.303 e. The SMILES string of the molecule is CC(C)[C@H](NC(=O)[C@@H](N)CCC(=O)O)C(=O)N[C@@H](CC(N)=O)C(=O)N[C@@H](Cc1ccccc1)C(=O)N[C@H](C(=O)N1CCC[C@H]1C(=O)N[C@@H](CC(N)=O)C(=O)N[C@@H](Cc1c[nH]c2ccccc12)C(N)=O)[C@@H](C)O. The normalized spacial score (nSPS) is 16.6. The van der Waals surface area contributed by atoms with Gasteiger partial charge in [0.15, 0.2) is 0 Å². The van der Waals surface area contributed by atoms with Crippen LogP contribution in [0.25, 0.3) is 10.9 Å². The number of aliphatic hydroxyl groups excluding tert-OH is 1. The number of hydrogen-bond acceptors (Lipinski definition) is 13. The van der Waals surface area contributed by atoms with E-state index in [0.717, 1.165) is 15.8 Å². The number of H-pyrrole nitrogens is 1. The Kier molecular flexibility index (Phi) is 20.7. The molecule has 25 heteroatoms. The standard InChI is InChI=1S/C47H64N12O13/c1-23(2)38(57-41(66)28(48)15-16-37(63)64)46(71)56-33(21-36(50)62)43(68)54-31(18-25-10-5-4-6-11-25)44(69)58-39(24(3)60)47(72)59-17-9-14-34(59)45(70)55-32(20-35(49)61)42(67)53-30(40(51)65)19-26-22-52-29-13-8-7-12-27(26)29/h4-8,10-13,22-24,28,30-34,38-39,52,60H,9,14-21,48H2,1-3H3,(H2,49,61)(H2,50,62)(H2,51,65)(H,53,67)(H,54,68)(H,55,70)(H,56,71)(H,57,66)(H,58,69)(H,63,64)/t24-,28+,30+,31+,32+,33+,34+,38+,39+/m1/s1. The summed E-state index contributed by atoms with van der Waals surface area (Å²) in [5.41, 5.74) is 24.3. The summed E-state index contributed by atoms with van der Waals surface area (Å²) >= 11 is 0. The van der Waals surface area contributed by atoms with Crippen LogP contribution in [0.2, 0.25) is 0 Å². The lowest BCUT2D eigenvalue weighted by atomic mass is 10.0. The second kappa shape index (κ2) is 26.3. The lowest BCUT2D eigenvalue weighted by Crippen LogP contribution is -2.62. The molecule has 0 unspecified atom stereocenters. The van der Waals surface area contributed by atoms with E-state index in [0.29, 0.717) is 11.1 Å². The number of carboxylic acid groups (broad SMARTS) is 1. The quantitative estimate of drug-likeness (QED) is 0.0350. The van der Waals surface area contributed by atoms with Crippen LogP contribution in [-0.4, -0.2) is 146 Å². The number of benzene rings is 2. The number of carbonyl (C=O) groups excluding carboxylic acids is 10. The second-order valence-corrected chi connectivity index (χ2v) is 17.9. The average molecular weight is 1010 g/mol. The zero-order chi connectivity index (χ0) is 53.4. The van der Waals surface area contributed by atoms with Crippen LogP contribution < -0.4 is 54.8 Å². The fourth-order valence-corrected chi connectivity index (χ4v) is 8.03. The zero-order valence-electron chi connectivity index (χ0n) is 40.1. The highest BCUT2D eigenvalue weighted by molar-refractivity contribution is 6.00. The second-order valence-electron chi connectivity index (χ2n) is 17.9. The number of likely N-dealkylation sites (tertiary alicyclic amines) is 1. The first-order valence-corrected chi connectivity index (χ1v) is 23.2. The fraction of sp³-hybridized carbons (Fsp3) is 0.468. The summed E-state index contributed by atoms with van der Waals surface area (Å²) in [5.74, 6) is -11.5. The molecule has 0 saturated carbocycles. The molecule has 1 saturated heterocycles. The summed E-state index contributed by atoms with van der Waals surface area (Å²) in [6.45, 7) is 4.26. The van der Waals surface area contributed by atoms with Gasteiger partial charge in [-0.05, 0) is 49.3 Å². The first-order chi connectivity index (χ1) is 34.0. The number of carbonyl (C=O) groups is 11. The minimum atomic E-state index is -1.75. The van der Waals surface area contributed by atoms with Gasteiger partial charge in [0.1, 0.15) is 42.3 Å². The van der Waals surface area contributed by atoms with Crippen LogP contribution in [0.4, 0.5) is 0 Å².